The fourth-order valence-electron chi connectivity index (χ4n) is 2.45. The van der Waals surface area contributed by atoms with Gasteiger partial charge in [-0.05, 0) is 36.2 Å². The molecule has 0 aliphatic carbocycles. The second kappa shape index (κ2) is 11.9. The number of nitrogens with one attached hydrogen (secondary N) is 3. The molecule has 0 saturated heterocycles. The number of nitrogens with zero attached hydrogens (tertiary/aromatic N) is 3. The van der Waals surface area contributed by atoms with E-state index in [9.17, 15) is 9.90 Å². The Balaban J connectivity index is 0.00000300. The SMILES string of the molecule is CC(N[C-]=CN=c1cn[nH][cH-]1)c1cccc(NC(=O)c2cncc(CO)c2)c1.[K+]. The largest absolute Gasteiger partial charge is 1.00 e. The predicted octanol–water partition coefficient (Wildman–Crippen LogP) is -1.20. The number of H-pyrrole nitrogens is 1. The molecule has 1 atom stereocenters. The number of hydrogen-bond donors (Lipinski definition) is 4. The summed E-state index contributed by atoms with van der Waals surface area (Å²) < 4.78 is 0. The topological polar surface area (TPSA) is 115 Å². The summed E-state index contributed by atoms with van der Waals surface area (Å²) >= 11 is 0. The average molecular weight is 416 g/mol. The molecule has 2 aromatic heterocycles. The summed E-state index contributed by atoms with van der Waals surface area (Å²) in [6, 6.07) is 9.09. The van der Waals surface area contributed by atoms with Gasteiger partial charge in [0.1, 0.15) is 0 Å². The molecule has 0 spiro atoms. The number of hydrogen-bond acceptors (Lipinski definition) is 6. The second-order valence-electron chi connectivity index (χ2n) is 6.04. The van der Waals surface area contributed by atoms with Gasteiger partial charge in [-0.3, -0.25) is 14.9 Å². The number of pyridine rings is 1. The van der Waals surface area contributed by atoms with E-state index in [4.69, 9.17) is 0 Å². The fourth-order valence-corrected chi connectivity index (χ4v) is 2.45. The van der Waals surface area contributed by atoms with Crippen molar-refractivity contribution >= 4 is 11.6 Å². The van der Waals surface area contributed by atoms with E-state index in [1.54, 1.807) is 18.5 Å². The van der Waals surface area contributed by atoms with Crippen LogP contribution < -0.4 is 67.4 Å². The Morgan fingerprint density at radius 1 is 1.38 bits per heavy atom. The number of carbonyl (C=O) groups is 1. The third-order valence-electron chi connectivity index (χ3n) is 3.95. The molecule has 29 heavy (non-hydrogen) atoms. The van der Waals surface area contributed by atoms with E-state index in [0.717, 1.165) is 5.56 Å². The number of aromatic amines is 1. The molecule has 4 N–H and O–H groups in total. The standard InChI is InChI=1S/C20H20N6O2.K/c1-14(22-5-6-23-19-11-24-25-12-19)16-3-2-4-18(8-16)26-20(28)17-7-15(13-27)9-21-10-17;/h2-4,6-12,14,22,24,27H,13H2,1H3,(H,26,28);/q-2;+1. The fraction of sp³-hybridized carbons (Fsp3) is 0.150. The van der Waals surface area contributed by atoms with Crippen LogP contribution in [0.5, 0.6) is 0 Å². The first kappa shape index (κ1) is 23.3. The van der Waals surface area contributed by atoms with Crippen LogP contribution in [0.4, 0.5) is 5.69 Å². The third kappa shape index (κ3) is 7.07. The molecule has 0 fully saturated rings. The van der Waals surface area contributed by atoms with Crippen molar-refractivity contribution < 1.29 is 61.3 Å². The molecule has 3 rings (SSSR count). The van der Waals surface area contributed by atoms with Crippen LogP contribution in [0.25, 0.3) is 0 Å². The predicted molar refractivity (Wildman–Crippen MR) is 104 cm³/mol. The van der Waals surface area contributed by atoms with E-state index in [2.05, 4.69) is 37.0 Å². The minimum atomic E-state index is -0.286. The van der Waals surface area contributed by atoms with Gasteiger partial charge in [0.05, 0.1) is 12.2 Å². The van der Waals surface area contributed by atoms with Crippen molar-refractivity contribution in [2.45, 2.75) is 19.6 Å². The maximum atomic E-state index is 12.4. The Hall–Kier alpha value is -2.01. The Morgan fingerprint density at radius 3 is 3.00 bits per heavy atom. The van der Waals surface area contributed by atoms with Crippen molar-refractivity contribution in [3.63, 3.8) is 0 Å². The van der Waals surface area contributed by atoms with E-state index in [1.807, 2.05) is 31.2 Å². The quantitative estimate of drug-likeness (QED) is 0.220. The van der Waals surface area contributed by atoms with Gasteiger partial charge < -0.3 is 32.0 Å². The Morgan fingerprint density at radius 2 is 2.24 bits per heavy atom. The monoisotopic (exact) mass is 415 g/mol. The van der Waals surface area contributed by atoms with Gasteiger partial charge in [-0.2, -0.15) is 0 Å². The molecule has 9 heteroatoms. The van der Waals surface area contributed by atoms with Crippen LogP contribution in [0, 0.1) is 6.20 Å². The number of aliphatic hydroxyl groups excluding tert-OH is 1. The molecule has 2 heterocycles. The molecule has 144 valence electrons. The molecule has 0 saturated carbocycles. The van der Waals surface area contributed by atoms with Crippen LogP contribution in [0.3, 0.4) is 0 Å². The third-order valence-corrected chi connectivity index (χ3v) is 3.95. The molecule has 0 aliphatic heterocycles. The Labute approximate surface area is 211 Å². The number of amides is 1. The van der Waals surface area contributed by atoms with E-state index in [-0.39, 0.29) is 69.9 Å². The number of benzene rings is 1. The van der Waals surface area contributed by atoms with Crippen molar-refractivity contribution in [1.82, 2.24) is 20.5 Å². The smallest absolute Gasteiger partial charge is 0.560 e. The molecule has 8 nitrogen and oxygen atoms in total. The van der Waals surface area contributed by atoms with Crippen molar-refractivity contribution in [2.24, 2.45) is 4.99 Å². The number of aliphatic hydroxyl groups is 1. The van der Waals surface area contributed by atoms with E-state index in [1.165, 1.54) is 18.6 Å². The summed E-state index contributed by atoms with van der Waals surface area (Å²) in [5.41, 5.74) is 2.62. The van der Waals surface area contributed by atoms with Gasteiger partial charge in [-0.15, -0.1) is 12.4 Å². The van der Waals surface area contributed by atoms with Crippen LogP contribution >= 0.6 is 0 Å². The summed E-state index contributed by atoms with van der Waals surface area (Å²) in [5, 5.41) is 22.3. The van der Waals surface area contributed by atoms with Gasteiger partial charge in [0.2, 0.25) is 0 Å². The van der Waals surface area contributed by atoms with Crippen molar-refractivity contribution in [3.05, 3.63) is 89.6 Å². The zero-order valence-electron chi connectivity index (χ0n) is 16.3. The zero-order chi connectivity index (χ0) is 19.8. The summed E-state index contributed by atoms with van der Waals surface area (Å²) in [6.45, 7) is 1.82. The van der Waals surface area contributed by atoms with Gasteiger partial charge in [0, 0.05) is 24.1 Å². The van der Waals surface area contributed by atoms with Gasteiger partial charge >= 0.3 is 51.4 Å². The summed E-state index contributed by atoms with van der Waals surface area (Å²) in [7, 11) is 0. The summed E-state index contributed by atoms with van der Waals surface area (Å²) in [5.74, 6) is -0.286. The van der Waals surface area contributed by atoms with Crippen molar-refractivity contribution in [2.75, 3.05) is 5.32 Å². The number of rotatable bonds is 7. The molecular weight excluding hydrogens is 395 g/mol. The van der Waals surface area contributed by atoms with Crippen molar-refractivity contribution in [3.8, 4) is 0 Å². The summed E-state index contributed by atoms with van der Waals surface area (Å²) in [6.07, 6.45) is 10.7. The Bertz CT molecular complexity index is 1010. The normalized spacial score (nSPS) is 12.4. The minimum absolute atomic E-state index is 0. The van der Waals surface area contributed by atoms with Gasteiger partial charge in [0.15, 0.2) is 0 Å². The van der Waals surface area contributed by atoms with Crippen LogP contribution in [-0.2, 0) is 6.61 Å². The second-order valence-corrected chi connectivity index (χ2v) is 6.04. The maximum Gasteiger partial charge on any atom is 1.00 e. The molecule has 1 unspecified atom stereocenters. The van der Waals surface area contributed by atoms with Gasteiger partial charge in [-0.25, -0.2) is 0 Å². The van der Waals surface area contributed by atoms with Crippen LogP contribution in [0.2, 0.25) is 0 Å². The molecule has 1 amide bonds. The maximum absolute atomic E-state index is 12.4. The molecule has 0 radical (unpaired) electrons. The van der Waals surface area contributed by atoms with Crippen LogP contribution in [0.1, 0.15) is 34.5 Å². The van der Waals surface area contributed by atoms with Crippen LogP contribution in [0.15, 0.2) is 66.3 Å². The minimum Gasteiger partial charge on any atom is -0.560 e. The molecule has 0 aliphatic rings. The number of anilines is 1. The number of carbonyl (C=O) groups excluding carboxylic acids is 1. The molecule has 1 aromatic carbocycles. The first-order chi connectivity index (χ1) is 13.7. The van der Waals surface area contributed by atoms with E-state index in [0.29, 0.717) is 22.2 Å². The van der Waals surface area contributed by atoms with Gasteiger partial charge in [0.25, 0.3) is 5.91 Å². The first-order valence-electron chi connectivity index (χ1n) is 8.64. The first-order valence-corrected chi connectivity index (χ1v) is 8.64. The van der Waals surface area contributed by atoms with Crippen LogP contribution in [-0.4, -0.2) is 26.2 Å². The van der Waals surface area contributed by atoms with E-state index < -0.39 is 0 Å². The zero-order valence-corrected chi connectivity index (χ0v) is 19.4. The summed E-state index contributed by atoms with van der Waals surface area (Å²) in [4.78, 5) is 20.5. The molecule has 0 bridgehead atoms. The Kier molecular flexibility index (Phi) is 9.52. The van der Waals surface area contributed by atoms with E-state index >= 15 is 0 Å². The molecular formula is C20H20KN6O2-. The van der Waals surface area contributed by atoms with Crippen molar-refractivity contribution in [1.29, 1.82) is 0 Å². The number of aromatic nitrogens is 3. The molecule has 3 aromatic rings. The average Bonchev–Trinajstić information content (AvgIpc) is 3.25. The van der Waals surface area contributed by atoms with Gasteiger partial charge in [-0.1, -0.05) is 23.7 Å².